The molecule has 0 aliphatic rings. The number of aromatic nitrogens is 1. The zero-order chi connectivity index (χ0) is 11.7. The fourth-order valence-electron chi connectivity index (χ4n) is 1.34. The number of para-hydroxylation sites is 2. The average molecular weight is 220 g/mol. The fourth-order valence-corrected chi connectivity index (χ4v) is 1.34. The van der Waals surface area contributed by atoms with E-state index in [9.17, 15) is 4.79 Å². The number of likely N-dealkylation sites (N-methyl/N-ethyl adjacent to an activating group) is 1. The second-order valence-electron chi connectivity index (χ2n) is 3.59. The molecule has 16 heavy (non-hydrogen) atoms. The van der Waals surface area contributed by atoms with Gasteiger partial charge in [-0.3, -0.25) is 0 Å². The molecule has 1 N–H and O–H groups in total. The van der Waals surface area contributed by atoms with Crippen LogP contribution in [-0.2, 0) is 4.79 Å². The first-order valence-electron chi connectivity index (χ1n) is 4.91. The van der Waals surface area contributed by atoms with E-state index in [1.54, 1.807) is 20.0 Å². The molecule has 5 nitrogen and oxygen atoms in total. The molecule has 0 saturated carbocycles. The van der Waals surface area contributed by atoms with Crippen LogP contribution in [0.4, 0.5) is 6.01 Å². The molecule has 1 heterocycles. The van der Waals surface area contributed by atoms with Crippen LogP contribution in [0.3, 0.4) is 0 Å². The van der Waals surface area contributed by atoms with Crippen LogP contribution in [0, 0.1) is 0 Å². The highest BCUT2D eigenvalue weighted by atomic mass is 16.4. The van der Waals surface area contributed by atoms with Crippen LogP contribution >= 0.6 is 0 Å². The summed E-state index contributed by atoms with van der Waals surface area (Å²) in [5, 5.41) is 8.88. The second-order valence-corrected chi connectivity index (χ2v) is 3.59. The number of aliphatic carboxylic acids is 1. The minimum Gasteiger partial charge on any atom is -0.480 e. The van der Waals surface area contributed by atoms with Crippen LogP contribution in [0.5, 0.6) is 0 Å². The van der Waals surface area contributed by atoms with Crippen molar-refractivity contribution in [3.63, 3.8) is 0 Å². The lowest BCUT2D eigenvalue weighted by Gasteiger charge is -2.18. The van der Waals surface area contributed by atoms with Gasteiger partial charge in [0.1, 0.15) is 11.6 Å². The van der Waals surface area contributed by atoms with E-state index in [0.29, 0.717) is 11.6 Å². The molecule has 0 bridgehead atoms. The molecule has 84 valence electrons. The van der Waals surface area contributed by atoms with Crippen LogP contribution in [0.1, 0.15) is 6.92 Å². The summed E-state index contributed by atoms with van der Waals surface area (Å²) >= 11 is 0. The van der Waals surface area contributed by atoms with Gasteiger partial charge < -0.3 is 14.4 Å². The Morgan fingerprint density at radius 1 is 1.50 bits per heavy atom. The fraction of sp³-hybridized carbons (Fsp3) is 0.273. The molecule has 0 radical (unpaired) electrons. The van der Waals surface area contributed by atoms with Crippen LogP contribution < -0.4 is 4.90 Å². The first-order valence-corrected chi connectivity index (χ1v) is 4.91. The lowest BCUT2D eigenvalue weighted by Crippen LogP contribution is -2.35. The molecule has 2 aromatic rings. The van der Waals surface area contributed by atoms with Crippen molar-refractivity contribution in [1.82, 2.24) is 4.98 Å². The summed E-state index contributed by atoms with van der Waals surface area (Å²) in [6, 6.07) is 6.96. The highest BCUT2D eigenvalue weighted by Gasteiger charge is 2.21. The van der Waals surface area contributed by atoms with Crippen molar-refractivity contribution in [3.8, 4) is 0 Å². The zero-order valence-electron chi connectivity index (χ0n) is 9.04. The molecule has 1 atom stereocenters. The zero-order valence-corrected chi connectivity index (χ0v) is 9.04. The van der Waals surface area contributed by atoms with Crippen LogP contribution in [-0.4, -0.2) is 29.1 Å². The monoisotopic (exact) mass is 220 g/mol. The van der Waals surface area contributed by atoms with Gasteiger partial charge in [0.2, 0.25) is 0 Å². The van der Waals surface area contributed by atoms with Gasteiger partial charge in [0, 0.05) is 7.05 Å². The molecule has 0 aliphatic carbocycles. The number of hydrogen-bond donors (Lipinski definition) is 1. The first-order chi connectivity index (χ1) is 7.59. The van der Waals surface area contributed by atoms with E-state index in [1.807, 2.05) is 18.2 Å². The van der Waals surface area contributed by atoms with Crippen molar-refractivity contribution >= 4 is 23.1 Å². The van der Waals surface area contributed by atoms with E-state index < -0.39 is 12.0 Å². The van der Waals surface area contributed by atoms with Gasteiger partial charge >= 0.3 is 5.97 Å². The summed E-state index contributed by atoms with van der Waals surface area (Å²) in [5.74, 6) is -0.912. The number of benzene rings is 1. The van der Waals surface area contributed by atoms with Gasteiger partial charge in [0.05, 0.1) is 0 Å². The van der Waals surface area contributed by atoms with Crippen molar-refractivity contribution in [2.24, 2.45) is 0 Å². The van der Waals surface area contributed by atoms with E-state index >= 15 is 0 Å². The maximum atomic E-state index is 10.8. The smallest absolute Gasteiger partial charge is 0.326 e. The predicted molar refractivity (Wildman–Crippen MR) is 59.5 cm³/mol. The van der Waals surface area contributed by atoms with Gasteiger partial charge in [-0.2, -0.15) is 4.98 Å². The maximum absolute atomic E-state index is 10.8. The Morgan fingerprint density at radius 3 is 2.81 bits per heavy atom. The summed E-state index contributed by atoms with van der Waals surface area (Å²) in [6.45, 7) is 1.58. The minimum absolute atomic E-state index is 0.316. The van der Waals surface area contributed by atoms with Crippen LogP contribution in [0.15, 0.2) is 28.7 Å². The highest BCUT2D eigenvalue weighted by Crippen LogP contribution is 2.21. The third-order valence-corrected chi connectivity index (χ3v) is 2.52. The molecule has 2 rings (SSSR count). The Kier molecular flexibility index (Phi) is 2.52. The molecule has 0 fully saturated rings. The second kappa shape index (κ2) is 3.84. The molecular formula is C11H12N2O3. The summed E-state index contributed by atoms with van der Waals surface area (Å²) in [4.78, 5) is 16.5. The summed E-state index contributed by atoms with van der Waals surface area (Å²) in [6.07, 6.45) is 0. The van der Waals surface area contributed by atoms with Crippen LogP contribution in [0.25, 0.3) is 11.1 Å². The molecule has 0 spiro atoms. The maximum Gasteiger partial charge on any atom is 0.326 e. The first kappa shape index (κ1) is 10.5. The van der Waals surface area contributed by atoms with Crippen LogP contribution in [0.2, 0.25) is 0 Å². The number of anilines is 1. The number of oxazole rings is 1. The SMILES string of the molecule is CC(C(=O)O)N(C)c1nc2ccccc2o1. The molecular weight excluding hydrogens is 208 g/mol. The Hall–Kier alpha value is -2.04. The number of rotatable bonds is 3. The van der Waals surface area contributed by atoms with E-state index in [1.165, 1.54) is 4.90 Å². The third-order valence-electron chi connectivity index (χ3n) is 2.52. The van der Waals surface area contributed by atoms with Crippen molar-refractivity contribution in [1.29, 1.82) is 0 Å². The molecule has 1 aromatic heterocycles. The molecule has 1 aromatic carbocycles. The van der Waals surface area contributed by atoms with E-state index in [2.05, 4.69) is 4.98 Å². The molecule has 1 unspecified atom stereocenters. The van der Waals surface area contributed by atoms with Gasteiger partial charge in [0.25, 0.3) is 6.01 Å². The van der Waals surface area contributed by atoms with E-state index in [4.69, 9.17) is 9.52 Å². The van der Waals surface area contributed by atoms with Crippen molar-refractivity contribution in [3.05, 3.63) is 24.3 Å². The number of carboxylic acid groups (broad SMARTS) is 1. The number of nitrogens with zero attached hydrogens (tertiary/aromatic N) is 2. The molecule has 0 saturated heterocycles. The largest absolute Gasteiger partial charge is 0.480 e. The number of hydrogen-bond acceptors (Lipinski definition) is 4. The topological polar surface area (TPSA) is 66.6 Å². The minimum atomic E-state index is -0.912. The molecule has 5 heteroatoms. The third kappa shape index (κ3) is 1.71. The summed E-state index contributed by atoms with van der Waals surface area (Å²) in [5.41, 5.74) is 1.38. The molecule has 0 amide bonds. The summed E-state index contributed by atoms with van der Waals surface area (Å²) < 4.78 is 5.45. The van der Waals surface area contributed by atoms with Crippen molar-refractivity contribution < 1.29 is 14.3 Å². The Balaban J connectivity index is 2.36. The van der Waals surface area contributed by atoms with Gasteiger partial charge in [-0.1, -0.05) is 12.1 Å². The highest BCUT2D eigenvalue weighted by molar-refractivity contribution is 5.78. The standard InChI is InChI=1S/C11H12N2O3/c1-7(10(14)15)13(2)11-12-8-5-3-4-6-9(8)16-11/h3-7H,1-2H3,(H,14,15). The van der Waals surface area contributed by atoms with Gasteiger partial charge in [-0.15, -0.1) is 0 Å². The van der Waals surface area contributed by atoms with E-state index in [-0.39, 0.29) is 0 Å². The van der Waals surface area contributed by atoms with Gasteiger partial charge in [-0.05, 0) is 19.1 Å². The number of carboxylic acids is 1. The Labute approximate surface area is 92.3 Å². The van der Waals surface area contributed by atoms with E-state index in [0.717, 1.165) is 5.52 Å². The van der Waals surface area contributed by atoms with Gasteiger partial charge in [0.15, 0.2) is 5.58 Å². The normalized spacial score (nSPS) is 12.6. The number of fused-ring (bicyclic) bond motifs is 1. The lowest BCUT2D eigenvalue weighted by atomic mass is 10.3. The Bertz CT molecular complexity index is 488. The predicted octanol–water partition coefficient (Wildman–Crippen LogP) is 1.74. The van der Waals surface area contributed by atoms with Gasteiger partial charge in [-0.25, -0.2) is 4.79 Å². The van der Waals surface area contributed by atoms with Crippen molar-refractivity contribution in [2.45, 2.75) is 13.0 Å². The molecule has 0 aliphatic heterocycles. The number of carbonyl (C=O) groups is 1. The summed E-state index contributed by atoms with van der Waals surface area (Å²) in [7, 11) is 1.64. The Morgan fingerprint density at radius 2 is 2.19 bits per heavy atom. The quantitative estimate of drug-likeness (QED) is 0.853. The lowest BCUT2D eigenvalue weighted by molar-refractivity contribution is -0.138. The van der Waals surface area contributed by atoms with Crippen molar-refractivity contribution in [2.75, 3.05) is 11.9 Å². The average Bonchev–Trinajstić information content (AvgIpc) is 2.70.